The van der Waals surface area contributed by atoms with E-state index in [4.69, 9.17) is 0 Å². The van der Waals surface area contributed by atoms with Gasteiger partial charge in [-0.1, -0.05) is 26.0 Å². The molecule has 0 spiro atoms. The first-order valence-corrected chi connectivity index (χ1v) is 9.47. The quantitative estimate of drug-likeness (QED) is 0.722. The van der Waals surface area contributed by atoms with Crippen molar-refractivity contribution in [2.45, 2.75) is 45.6 Å². The molecule has 0 aliphatic rings. The SMILES string of the molecule is CCCNC(CCCS(=O)(=O)CC)Cc1ccc(F)cc1. The van der Waals surface area contributed by atoms with Crippen molar-refractivity contribution in [3.05, 3.63) is 35.6 Å². The molecule has 1 unspecified atom stereocenters. The number of nitrogens with one attached hydrogen (secondary N) is 1. The van der Waals surface area contributed by atoms with E-state index in [0.717, 1.165) is 31.4 Å². The molecule has 0 bridgehead atoms. The monoisotopic (exact) mass is 315 g/mol. The summed E-state index contributed by atoms with van der Waals surface area (Å²) >= 11 is 0. The summed E-state index contributed by atoms with van der Waals surface area (Å²) in [6, 6.07) is 6.75. The van der Waals surface area contributed by atoms with Gasteiger partial charge in [0.1, 0.15) is 15.7 Å². The second kappa shape index (κ2) is 9.15. The molecule has 1 aromatic rings. The molecule has 1 aromatic carbocycles. The predicted molar refractivity (Wildman–Crippen MR) is 85.7 cm³/mol. The molecular weight excluding hydrogens is 289 g/mol. The standard InChI is InChI=1S/C16H26FNO2S/c1-3-11-18-16(6-5-12-21(19,20)4-2)13-14-7-9-15(17)10-8-14/h7-10,16,18H,3-6,11-13H2,1-2H3. The number of hydrogen-bond acceptors (Lipinski definition) is 3. The first-order valence-electron chi connectivity index (χ1n) is 7.65. The first-order chi connectivity index (χ1) is 9.96. The van der Waals surface area contributed by atoms with Crippen LogP contribution in [0.25, 0.3) is 0 Å². The summed E-state index contributed by atoms with van der Waals surface area (Å²) < 4.78 is 36.0. The van der Waals surface area contributed by atoms with Gasteiger partial charge < -0.3 is 5.32 Å². The molecule has 120 valence electrons. The highest BCUT2D eigenvalue weighted by Gasteiger charge is 2.12. The van der Waals surface area contributed by atoms with E-state index in [2.05, 4.69) is 12.2 Å². The minimum Gasteiger partial charge on any atom is -0.314 e. The number of benzene rings is 1. The van der Waals surface area contributed by atoms with Crippen LogP contribution in [0.15, 0.2) is 24.3 Å². The lowest BCUT2D eigenvalue weighted by molar-refractivity contribution is 0.471. The van der Waals surface area contributed by atoms with Crippen LogP contribution in [0.2, 0.25) is 0 Å². The fourth-order valence-corrected chi connectivity index (χ4v) is 3.12. The zero-order valence-corrected chi connectivity index (χ0v) is 13.8. The van der Waals surface area contributed by atoms with Crippen molar-refractivity contribution < 1.29 is 12.8 Å². The third-order valence-electron chi connectivity index (χ3n) is 3.53. The van der Waals surface area contributed by atoms with Crippen molar-refractivity contribution in [2.75, 3.05) is 18.1 Å². The maximum absolute atomic E-state index is 12.9. The summed E-state index contributed by atoms with van der Waals surface area (Å²) in [6.07, 6.45) is 3.31. The van der Waals surface area contributed by atoms with Gasteiger partial charge in [-0.3, -0.25) is 0 Å². The Labute approximate surface area is 127 Å². The zero-order chi connectivity index (χ0) is 15.7. The van der Waals surface area contributed by atoms with Gasteiger partial charge in [0.25, 0.3) is 0 Å². The number of hydrogen-bond donors (Lipinski definition) is 1. The highest BCUT2D eigenvalue weighted by Crippen LogP contribution is 2.10. The second-order valence-electron chi connectivity index (χ2n) is 5.36. The van der Waals surface area contributed by atoms with E-state index < -0.39 is 9.84 Å². The van der Waals surface area contributed by atoms with Crippen LogP contribution in [0, 0.1) is 5.82 Å². The van der Waals surface area contributed by atoms with E-state index in [1.54, 1.807) is 19.1 Å². The molecule has 1 N–H and O–H groups in total. The van der Waals surface area contributed by atoms with Crippen LogP contribution in [0.1, 0.15) is 38.7 Å². The summed E-state index contributed by atoms with van der Waals surface area (Å²) in [6.45, 7) is 4.69. The van der Waals surface area contributed by atoms with Crippen LogP contribution in [-0.2, 0) is 16.3 Å². The number of sulfone groups is 1. The van der Waals surface area contributed by atoms with Crippen molar-refractivity contribution >= 4 is 9.84 Å². The molecule has 1 rings (SSSR count). The van der Waals surface area contributed by atoms with Gasteiger partial charge in [0.15, 0.2) is 0 Å². The Bertz CT molecular complexity index is 500. The van der Waals surface area contributed by atoms with Gasteiger partial charge in [0.05, 0.1) is 5.75 Å². The Hall–Kier alpha value is -0.940. The fourth-order valence-electron chi connectivity index (χ4n) is 2.22. The lowest BCUT2D eigenvalue weighted by Gasteiger charge is -2.18. The van der Waals surface area contributed by atoms with Crippen molar-refractivity contribution in [3.63, 3.8) is 0 Å². The molecule has 0 aromatic heterocycles. The van der Waals surface area contributed by atoms with E-state index >= 15 is 0 Å². The Kier molecular flexibility index (Phi) is 7.89. The molecule has 0 fully saturated rings. The molecule has 0 aliphatic carbocycles. The molecule has 0 saturated carbocycles. The molecule has 0 radical (unpaired) electrons. The van der Waals surface area contributed by atoms with Gasteiger partial charge in [-0.15, -0.1) is 0 Å². The van der Waals surface area contributed by atoms with Crippen molar-refractivity contribution in [2.24, 2.45) is 0 Å². The molecule has 0 heterocycles. The molecule has 0 saturated heterocycles. The Balaban J connectivity index is 2.52. The van der Waals surface area contributed by atoms with Crippen LogP contribution in [0.3, 0.4) is 0 Å². The van der Waals surface area contributed by atoms with E-state index in [9.17, 15) is 12.8 Å². The van der Waals surface area contributed by atoms with Crippen LogP contribution >= 0.6 is 0 Å². The summed E-state index contributed by atoms with van der Waals surface area (Å²) in [5.74, 6) is 0.223. The highest BCUT2D eigenvalue weighted by molar-refractivity contribution is 7.91. The van der Waals surface area contributed by atoms with Crippen LogP contribution in [-0.4, -0.2) is 32.5 Å². The Morgan fingerprint density at radius 1 is 1.19 bits per heavy atom. The summed E-state index contributed by atoms with van der Waals surface area (Å²) in [5, 5.41) is 3.45. The molecular formula is C16H26FNO2S. The van der Waals surface area contributed by atoms with Crippen molar-refractivity contribution in [1.82, 2.24) is 5.32 Å². The molecule has 21 heavy (non-hydrogen) atoms. The third-order valence-corrected chi connectivity index (χ3v) is 5.32. The molecule has 5 heteroatoms. The van der Waals surface area contributed by atoms with Gasteiger partial charge in [-0.25, -0.2) is 12.8 Å². The number of rotatable bonds is 10. The predicted octanol–water partition coefficient (Wildman–Crippen LogP) is 2.95. The average Bonchev–Trinajstić information content (AvgIpc) is 2.46. The largest absolute Gasteiger partial charge is 0.314 e. The van der Waals surface area contributed by atoms with Crippen LogP contribution in [0.4, 0.5) is 4.39 Å². The summed E-state index contributed by atoms with van der Waals surface area (Å²) in [4.78, 5) is 0. The fraction of sp³-hybridized carbons (Fsp3) is 0.625. The molecule has 3 nitrogen and oxygen atoms in total. The zero-order valence-electron chi connectivity index (χ0n) is 12.9. The van der Waals surface area contributed by atoms with E-state index in [-0.39, 0.29) is 23.4 Å². The smallest absolute Gasteiger partial charge is 0.150 e. The Morgan fingerprint density at radius 2 is 1.86 bits per heavy atom. The average molecular weight is 315 g/mol. The van der Waals surface area contributed by atoms with Gasteiger partial charge >= 0.3 is 0 Å². The van der Waals surface area contributed by atoms with Crippen LogP contribution in [0.5, 0.6) is 0 Å². The lowest BCUT2D eigenvalue weighted by Crippen LogP contribution is -2.32. The first kappa shape index (κ1) is 18.1. The minimum atomic E-state index is -2.89. The summed E-state index contributed by atoms with van der Waals surface area (Å²) in [7, 11) is -2.89. The normalized spacial score (nSPS) is 13.3. The van der Waals surface area contributed by atoms with Gasteiger partial charge in [0.2, 0.25) is 0 Å². The topological polar surface area (TPSA) is 46.2 Å². The number of halogens is 1. The van der Waals surface area contributed by atoms with E-state index in [0.29, 0.717) is 6.42 Å². The van der Waals surface area contributed by atoms with Crippen molar-refractivity contribution in [3.8, 4) is 0 Å². The molecule has 1 atom stereocenters. The van der Waals surface area contributed by atoms with Gasteiger partial charge in [-0.05, 0) is 49.9 Å². The molecule has 0 amide bonds. The van der Waals surface area contributed by atoms with Crippen molar-refractivity contribution in [1.29, 1.82) is 0 Å². The van der Waals surface area contributed by atoms with Crippen LogP contribution < -0.4 is 5.32 Å². The van der Waals surface area contributed by atoms with Gasteiger partial charge in [0, 0.05) is 11.8 Å². The third kappa shape index (κ3) is 7.58. The second-order valence-corrected chi connectivity index (χ2v) is 7.83. The summed E-state index contributed by atoms with van der Waals surface area (Å²) in [5.41, 5.74) is 1.07. The lowest BCUT2D eigenvalue weighted by atomic mass is 10.0. The Morgan fingerprint density at radius 3 is 2.43 bits per heavy atom. The van der Waals surface area contributed by atoms with E-state index in [1.165, 1.54) is 12.1 Å². The molecule has 0 aliphatic heterocycles. The minimum absolute atomic E-state index is 0.206. The van der Waals surface area contributed by atoms with E-state index in [1.807, 2.05) is 0 Å². The maximum atomic E-state index is 12.9. The maximum Gasteiger partial charge on any atom is 0.150 e. The highest BCUT2D eigenvalue weighted by atomic mass is 32.2. The van der Waals surface area contributed by atoms with Gasteiger partial charge in [-0.2, -0.15) is 0 Å².